The van der Waals surface area contributed by atoms with Gasteiger partial charge in [0.1, 0.15) is 12.7 Å². The van der Waals surface area contributed by atoms with E-state index in [-0.39, 0.29) is 12.6 Å². The summed E-state index contributed by atoms with van der Waals surface area (Å²) >= 11 is 0. The van der Waals surface area contributed by atoms with E-state index < -0.39 is 29.6 Å². The molecule has 110 valence electrons. The first-order chi connectivity index (χ1) is 8.54. The fourth-order valence-electron chi connectivity index (χ4n) is 1.01. The first kappa shape index (κ1) is 17.4. The number of hydrogen-bond acceptors (Lipinski definition) is 6. The van der Waals surface area contributed by atoms with Gasteiger partial charge in [-0.25, -0.2) is 4.79 Å². The highest BCUT2D eigenvalue weighted by atomic mass is 16.6. The standard InChI is InChI=1S/C13H22O6/c1-8(18-12(16)13(4,5)6)7-17-11(15)9(2)19-10(3)14/h8-9H,7H2,1-6H3. The highest BCUT2D eigenvalue weighted by molar-refractivity contribution is 5.78. The Morgan fingerprint density at radius 3 is 2.00 bits per heavy atom. The molecule has 0 saturated carbocycles. The molecule has 6 heteroatoms. The summed E-state index contributed by atoms with van der Waals surface area (Å²) in [5, 5.41) is 0. The second-order valence-electron chi connectivity index (χ2n) is 5.35. The molecule has 0 aromatic carbocycles. The van der Waals surface area contributed by atoms with E-state index in [2.05, 4.69) is 4.74 Å². The molecule has 0 aromatic rings. The van der Waals surface area contributed by atoms with Gasteiger partial charge in [0.05, 0.1) is 5.41 Å². The summed E-state index contributed by atoms with van der Waals surface area (Å²) in [7, 11) is 0. The van der Waals surface area contributed by atoms with Crippen molar-refractivity contribution in [2.45, 2.75) is 53.8 Å². The predicted molar refractivity (Wildman–Crippen MR) is 67.2 cm³/mol. The van der Waals surface area contributed by atoms with Crippen molar-refractivity contribution in [2.24, 2.45) is 5.41 Å². The van der Waals surface area contributed by atoms with E-state index in [1.54, 1.807) is 27.7 Å². The maximum Gasteiger partial charge on any atom is 0.347 e. The molecule has 0 aliphatic rings. The van der Waals surface area contributed by atoms with E-state index in [1.165, 1.54) is 13.8 Å². The molecule has 0 aromatic heterocycles. The Morgan fingerprint density at radius 1 is 1.05 bits per heavy atom. The topological polar surface area (TPSA) is 78.9 Å². The second-order valence-corrected chi connectivity index (χ2v) is 5.35. The molecule has 19 heavy (non-hydrogen) atoms. The van der Waals surface area contributed by atoms with Gasteiger partial charge in [-0.15, -0.1) is 0 Å². The average Bonchev–Trinajstić information content (AvgIpc) is 2.23. The van der Waals surface area contributed by atoms with Crippen molar-refractivity contribution in [1.82, 2.24) is 0 Å². The fourth-order valence-corrected chi connectivity index (χ4v) is 1.01. The molecule has 0 heterocycles. The fraction of sp³-hybridized carbons (Fsp3) is 0.769. The molecule has 0 radical (unpaired) electrons. The highest BCUT2D eigenvalue weighted by Crippen LogP contribution is 2.16. The maximum atomic E-state index is 11.6. The number of ether oxygens (including phenoxy) is 3. The molecular weight excluding hydrogens is 252 g/mol. The third-order valence-electron chi connectivity index (χ3n) is 2.06. The van der Waals surface area contributed by atoms with E-state index in [0.29, 0.717) is 0 Å². The van der Waals surface area contributed by atoms with Crippen molar-refractivity contribution in [1.29, 1.82) is 0 Å². The molecular formula is C13H22O6. The van der Waals surface area contributed by atoms with Crippen LogP contribution in [0.15, 0.2) is 0 Å². The lowest BCUT2D eigenvalue weighted by atomic mass is 9.97. The Hall–Kier alpha value is -1.59. The molecule has 0 saturated heterocycles. The van der Waals surface area contributed by atoms with Gasteiger partial charge in [-0.05, 0) is 34.6 Å². The van der Waals surface area contributed by atoms with E-state index in [0.717, 1.165) is 0 Å². The summed E-state index contributed by atoms with van der Waals surface area (Å²) in [4.78, 5) is 33.6. The smallest absolute Gasteiger partial charge is 0.347 e. The summed E-state index contributed by atoms with van der Waals surface area (Å²) in [6.45, 7) is 9.36. The Morgan fingerprint density at radius 2 is 1.58 bits per heavy atom. The third kappa shape index (κ3) is 7.43. The van der Waals surface area contributed by atoms with E-state index in [9.17, 15) is 14.4 Å². The molecule has 0 amide bonds. The molecule has 6 nitrogen and oxygen atoms in total. The van der Waals surface area contributed by atoms with E-state index in [4.69, 9.17) is 9.47 Å². The molecule has 0 spiro atoms. The monoisotopic (exact) mass is 274 g/mol. The van der Waals surface area contributed by atoms with Gasteiger partial charge >= 0.3 is 17.9 Å². The summed E-state index contributed by atoms with van der Waals surface area (Å²) < 4.78 is 14.6. The molecule has 2 atom stereocenters. The highest BCUT2D eigenvalue weighted by Gasteiger charge is 2.26. The Balaban J connectivity index is 4.10. The Bertz CT molecular complexity index is 342. The van der Waals surface area contributed by atoms with Crippen LogP contribution in [0, 0.1) is 5.41 Å². The summed E-state index contributed by atoms with van der Waals surface area (Å²) in [5.74, 6) is -1.60. The summed E-state index contributed by atoms with van der Waals surface area (Å²) in [6, 6.07) is 0. The zero-order chi connectivity index (χ0) is 15.2. The van der Waals surface area contributed by atoms with Crippen LogP contribution in [0.1, 0.15) is 41.5 Å². The quantitative estimate of drug-likeness (QED) is 0.558. The zero-order valence-electron chi connectivity index (χ0n) is 12.3. The molecule has 0 aliphatic heterocycles. The van der Waals surface area contributed by atoms with Crippen LogP contribution < -0.4 is 0 Å². The van der Waals surface area contributed by atoms with Gasteiger partial charge in [0.25, 0.3) is 0 Å². The second kappa shape index (κ2) is 7.11. The van der Waals surface area contributed by atoms with Gasteiger partial charge in [0.2, 0.25) is 0 Å². The van der Waals surface area contributed by atoms with Crippen LogP contribution in [-0.2, 0) is 28.6 Å². The van der Waals surface area contributed by atoms with Crippen LogP contribution in [0.25, 0.3) is 0 Å². The first-order valence-electron chi connectivity index (χ1n) is 6.09. The normalized spacial score (nSPS) is 14.2. The van der Waals surface area contributed by atoms with Crippen molar-refractivity contribution < 1.29 is 28.6 Å². The number of esters is 3. The van der Waals surface area contributed by atoms with Crippen LogP contribution in [0.4, 0.5) is 0 Å². The van der Waals surface area contributed by atoms with Crippen LogP contribution in [-0.4, -0.2) is 36.7 Å². The molecule has 0 fully saturated rings. The van der Waals surface area contributed by atoms with Crippen molar-refractivity contribution in [3.8, 4) is 0 Å². The van der Waals surface area contributed by atoms with Crippen molar-refractivity contribution in [3.05, 3.63) is 0 Å². The van der Waals surface area contributed by atoms with Gasteiger partial charge in [-0.1, -0.05) is 0 Å². The number of hydrogen-bond donors (Lipinski definition) is 0. The van der Waals surface area contributed by atoms with Crippen molar-refractivity contribution in [2.75, 3.05) is 6.61 Å². The Labute approximate surface area is 113 Å². The van der Waals surface area contributed by atoms with E-state index in [1.807, 2.05) is 0 Å². The number of carbonyl (C=O) groups is 3. The lowest BCUT2D eigenvalue weighted by Gasteiger charge is -2.21. The van der Waals surface area contributed by atoms with Gasteiger partial charge in [-0.3, -0.25) is 9.59 Å². The van der Waals surface area contributed by atoms with Crippen LogP contribution in [0.2, 0.25) is 0 Å². The lowest BCUT2D eigenvalue weighted by Crippen LogP contribution is -2.32. The van der Waals surface area contributed by atoms with Gasteiger partial charge in [0.15, 0.2) is 6.10 Å². The minimum atomic E-state index is -0.969. The summed E-state index contributed by atoms with van der Waals surface area (Å²) in [5.41, 5.74) is -0.608. The van der Waals surface area contributed by atoms with Crippen molar-refractivity contribution in [3.63, 3.8) is 0 Å². The molecule has 0 bridgehead atoms. The van der Waals surface area contributed by atoms with Crippen LogP contribution >= 0.6 is 0 Å². The molecule has 0 N–H and O–H groups in total. The Kier molecular flexibility index (Phi) is 6.52. The van der Waals surface area contributed by atoms with Crippen LogP contribution in [0.5, 0.6) is 0 Å². The minimum Gasteiger partial charge on any atom is -0.459 e. The largest absolute Gasteiger partial charge is 0.459 e. The van der Waals surface area contributed by atoms with Crippen molar-refractivity contribution >= 4 is 17.9 Å². The molecule has 0 rings (SSSR count). The molecule has 0 aliphatic carbocycles. The average molecular weight is 274 g/mol. The summed E-state index contributed by atoms with van der Waals surface area (Å²) in [6.07, 6.45) is -1.52. The first-order valence-corrected chi connectivity index (χ1v) is 6.09. The van der Waals surface area contributed by atoms with Gasteiger partial charge < -0.3 is 14.2 Å². The van der Waals surface area contributed by atoms with Gasteiger partial charge in [-0.2, -0.15) is 0 Å². The number of carbonyl (C=O) groups excluding carboxylic acids is 3. The number of rotatable bonds is 5. The predicted octanol–water partition coefficient (Wildman–Crippen LogP) is 1.46. The van der Waals surface area contributed by atoms with Crippen LogP contribution in [0.3, 0.4) is 0 Å². The van der Waals surface area contributed by atoms with Gasteiger partial charge in [0, 0.05) is 6.92 Å². The molecule has 2 unspecified atom stereocenters. The lowest BCUT2D eigenvalue weighted by molar-refractivity contribution is -0.172. The van der Waals surface area contributed by atoms with E-state index >= 15 is 0 Å². The minimum absolute atomic E-state index is 0.0771. The maximum absolute atomic E-state index is 11.6. The third-order valence-corrected chi connectivity index (χ3v) is 2.06. The zero-order valence-corrected chi connectivity index (χ0v) is 12.3. The SMILES string of the molecule is CC(=O)OC(C)C(=O)OCC(C)OC(=O)C(C)(C)C.